The lowest BCUT2D eigenvalue weighted by Crippen LogP contribution is -2.03. The van der Waals surface area contributed by atoms with E-state index in [1.807, 2.05) is 0 Å². The van der Waals surface area contributed by atoms with Gasteiger partial charge in [0.2, 0.25) is 0 Å². The molecule has 0 spiro atoms. The van der Waals surface area contributed by atoms with Crippen molar-refractivity contribution in [3.05, 3.63) is 34.5 Å². The number of ether oxygens (including phenoxy) is 1. The Labute approximate surface area is 109 Å². The van der Waals surface area contributed by atoms with Crippen LogP contribution >= 0.6 is 11.5 Å². The number of rotatable bonds is 2. The summed E-state index contributed by atoms with van der Waals surface area (Å²) in [5, 5.41) is 0. The number of nitrogen functional groups attached to an aromatic ring is 1. The summed E-state index contributed by atoms with van der Waals surface area (Å²) in [4.78, 5) is 11.3. The monoisotopic (exact) mass is 288 g/mol. The first-order valence-corrected chi connectivity index (χ1v) is 5.72. The molecule has 0 amide bonds. The molecule has 0 aliphatic rings. The van der Waals surface area contributed by atoms with Crippen LogP contribution in [-0.2, 0) is 4.74 Å². The zero-order valence-electron chi connectivity index (χ0n) is 9.54. The van der Waals surface area contributed by atoms with E-state index in [2.05, 4.69) is 9.11 Å². The second-order valence-electron chi connectivity index (χ2n) is 3.49. The summed E-state index contributed by atoms with van der Waals surface area (Å²) >= 11 is 0.690. The van der Waals surface area contributed by atoms with Gasteiger partial charge in [-0.25, -0.2) is 18.0 Å². The highest BCUT2D eigenvalue weighted by Gasteiger charge is 2.23. The highest BCUT2D eigenvalue weighted by molar-refractivity contribution is 7.09. The van der Waals surface area contributed by atoms with Crippen LogP contribution in [-0.4, -0.2) is 17.5 Å². The first-order chi connectivity index (χ1) is 8.97. The number of halogens is 3. The minimum absolute atomic E-state index is 0.0263. The van der Waals surface area contributed by atoms with E-state index in [0.717, 1.165) is 19.2 Å². The summed E-state index contributed by atoms with van der Waals surface area (Å²) in [5.74, 6) is -5.08. The molecule has 4 nitrogen and oxygen atoms in total. The Bertz CT molecular complexity index is 658. The lowest BCUT2D eigenvalue weighted by molar-refractivity contribution is 0.0607. The number of aromatic nitrogens is 1. The van der Waals surface area contributed by atoms with Crippen LogP contribution < -0.4 is 5.73 Å². The van der Waals surface area contributed by atoms with E-state index in [1.165, 1.54) is 0 Å². The van der Waals surface area contributed by atoms with Gasteiger partial charge in [0.1, 0.15) is 5.69 Å². The van der Waals surface area contributed by atoms with Gasteiger partial charge < -0.3 is 10.5 Å². The fraction of sp³-hybridized carbons (Fsp3) is 0.0909. The summed E-state index contributed by atoms with van der Waals surface area (Å²) in [6.07, 6.45) is 0. The summed E-state index contributed by atoms with van der Waals surface area (Å²) in [7, 11) is 1.15. The van der Waals surface area contributed by atoms with Gasteiger partial charge in [-0.2, -0.15) is 4.37 Å². The number of methoxy groups -OCH3 is 1. The quantitative estimate of drug-likeness (QED) is 0.681. The number of nitrogens with two attached hydrogens (primary N) is 1. The van der Waals surface area contributed by atoms with E-state index in [1.54, 1.807) is 0 Å². The minimum Gasteiger partial charge on any atom is -0.465 e. The molecule has 1 heterocycles. The molecule has 19 heavy (non-hydrogen) atoms. The van der Waals surface area contributed by atoms with Crippen LogP contribution in [0.4, 0.5) is 18.9 Å². The summed E-state index contributed by atoms with van der Waals surface area (Å²) in [5.41, 5.74) is 5.06. The van der Waals surface area contributed by atoms with E-state index in [4.69, 9.17) is 5.73 Å². The van der Waals surface area contributed by atoms with Crippen molar-refractivity contribution in [1.82, 2.24) is 4.37 Å². The van der Waals surface area contributed by atoms with Gasteiger partial charge in [0.15, 0.2) is 22.3 Å². The molecule has 2 aromatic rings. The molecule has 2 N–H and O–H groups in total. The lowest BCUT2D eigenvalue weighted by atomic mass is 10.1. The number of carbonyl (C=O) groups is 1. The van der Waals surface area contributed by atoms with Crippen molar-refractivity contribution in [2.45, 2.75) is 0 Å². The molecule has 0 saturated carbocycles. The molecule has 0 saturated heterocycles. The van der Waals surface area contributed by atoms with Crippen LogP contribution in [0.1, 0.15) is 9.67 Å². The molecule has 8 heteroatoms. The Morgan fingerprint density at radius 2 is 2.00 bits per heavy atom. The third-order valence-corrected chi connectivity index (χ3v) is 3.23. The molecule has 0 bridgehead atoms. The number of nitrogens with zero attached hydrogens (tertiary/aromatic N) is 1. The Morgan fingerprint density at radius 1 is 1.32 bits per heavy atom. The largest absolute Gasteiger partial charge is 0.465 e. The third kappa shape index (κ3) is 2.14. The van der Waals surface area contributed by atoms with Crippen LogP contribution in [0.15, 0.2) is 12.1 Å². The van der Waals surface area contributed by atoms with Crippen molar-refractivity contribution >= 4 is 23.2 Å². The van der Waals surface area contributed by atoms with Gasteiger partial charge in [-0.05, 0) is 23.7 Å². The molecule has 1 aromatic heterocycles. The Morgan fingerprint density at radius 3 is 2.63 bits per heavy atom. The summed E-state index contributed by atoms with van der Waals surface area (Å²) in [6.45, 7) is 0. The van der Waals surface area contributed by atoms with E-state index in [0.29, 0.717) is 11.5 Å². The van der Waals surface area contributed by atoms with E-state index >= 15 is 0 Å². The van der Waals surface area contributed by atoms with Crippen molar-refractivity contribution < 1.29 is 22.7 Å². The first-order valence-electron chi connectivity index (χ1n) is 4.94. The summed E-state index contributed by atoms with van der Waals surface area (Å²) in [6, 6.07) is 1.75. The Kier molecular flexibility index (Phi) is 3.43. The van der Waals surface area contributed by atoms with Gasteiger partial charge in [0, 0.05) is 5.56 Å². The zero-order chi connectivity index (χ0) is 14.2. The Hall–Kier alpha value is -2.09. The SMILES string of the molecule is COC(=O)c1snc(-c2ccc(F)c(F)c2F)c1N. The fourth-order valence-electron chi connectivity index (χ4n) is 1.44. The molecular weight excluding hydrogens is 281 g/mol. The van der Waals surface area contributed by atoms with Crippen molar-refractivity contribution in [2.24, 2.45) is 0 Å². The van der Waals surface area contributed by atoms with Crippen LogP contribution in [0.5, 0.6) is 0 Å². The topological polar surface area (TPSA) is 65.2 Å². The molecule has 2 rings (SSSR count). The maximum atomic E-state index is 13.6. The number of benzene rings is 1. The molecule has 100 valence electrons. The molecule has 0 aliphatic heterocycles. The molecule has 0 aliphatic carbocycles. The van der Waals surface area contributed by atoms with E-state index in [9.17, 15) is 18.0 Å². The zero-order valence-corrected chi connectivity index (χ0v) is 10.4. The highest BCUT2D eigenvalue weighted by Crippen LogP contribution is 2.33. The van der Waals surface area contributed by atoms with Gasteiger partial charge in [-0.15, -0.1) is 0 Å². The molecule has 0 atom stereocenters. The van der Waals surface area contributed by atoms with E-state index < -0.39 is 23.4 Å². The standard InChI is InChI=1S/C11H7F3N2O2S/c1-18-11(17)10-8(15)9(16-19-10)4-2-3-5(12)7(14)6(4)13/h2-3H,15H2,1H3. The fourth-order valence-corrected chi connectivity index (χ4v) is 2.17. The number of carbonyl (C=O) groups excluding carboxylic acids is 1. The lowest BCUT2D eigenvalue weighted by Gasteiger charge is -2.03. The van der Waals surface area contributed by atoms with Crippen molar-refractivity contribution in [3.8, 4) is 11.3 Å². The van der Waals surface area contributed by atoms with Crippen LogP contribution in [0.2, 0.25) is 0 Å². The summed E-state index contributed by atoms with van der Waals surface area (Å²) < 4.78 is 47.8. The van der Waals surface area contributed by atoms with E-state index in [-0.39, 0.29) is 21.8 Å². The third-order valence-electron chi connectivity index (χ3n) is 2.39. The van der Waals surface area contributed by atoms with Gasteiger partial charge in [-0.3, -0.25) is 0 Å². The molecule has 0 radical (unpaired) electrons. The van der Waals surface area contributed by atoms with Crippen LogP contribution in [0.3, 0.4) is 0 Å². The van der Waals surface area contributed by atoms with Crippen molar-refractivity contribution in [1.29, 1.82) is 0 Å². The van der Waals surface area contributed by atoms with Crippen molar-refractivity contribution in [3.63, 3.8) is 0 Å². The predicted octanol–water partition coefficient (Wildman–Crippen LogP) is 2.60. The molecule has 1 aromatic carbocycles. The number of esters is 1. The number of hydrogen-bond donors (Lipinski definition) is 1. The van der Waals surface area contributed by atoms with Gasteiger partial charge >= 0.3 is 5.97 Å². The number of anilines is 1. The second kappa shape index (κ2) is 4.88. The second-order valence-corrected chi connectivity index (χ2v) is 4.26. The maximum absolute atomic E-state index is 13.6. The van der Waals surface area contributed by atoms with Gasteiger partial charge in [0.25, 0.3) is 0 Å². The minimum atomic E-state index is -1.62. The predicted molar refractivity (Wildman–Crippen MR) is 63.2 cm³/mol. The first kappa shape index (κ1) is 13.3. The van der Waals surface area contributed by atoms with Crippen LogP contribution in [0, 0.1) is 17.5 Å². The maximum Gasteiger partial charge on any atom is 0.351 e. The van der Waals surface area contributed by atoms with Crippen molar-refractivity contribution in [2.75, 3.05) is 12.8 Å². The molecule has 0 fully saturated rings. The average Bonchev–Trinajstić information content (AvgIpc) is 2.77. The van der Waals surface area contributed by atoms with Crippen LogP contribution in [0.25, 0.3) is 11.3 Å². The number of hydrogen-bond acceptors (Lipinski definition) is 5. The molecular formula is C11H7F3N2O2S. The van der Waals surface area contributed by atoms with Gasteiger partial charge in [0.05, 0.1) is 12.8 Å². The smallest absolute Gasteiger partial charge is 0.351 e. The molecule has 0 unspecified atom stereocenters. The highest BCUT2D eigenvalue weighted by atomic mass is 32.1. The average molecular weight is 288 g/mol. The normalized spacial score (nSPS) is 10.5. The van der Waals surface area contributed by atoms with Gasteiger partial charge in [-0.1, -0.05) is 0 Å². The Balaban J connectivity index is 2.58.